The first-order valence-electron chi connectivity index (χ1n) is 7.00. The number of aliphatic hydroxyl groups excluding tert-OH is 1. The van der Waals surface area contributed by atoms with Crippen LogP contribution in [0.25, 0.3) is 0 Å². The van der Waals surface area contributed by atoms with Crippen LogP contribution in [-0.2, 0) is 14.3 Å². The molecule has 0 radical (unpaired) electrons. The summed E-state index contributed by atoms with van der Waals surface area (Å²) < 4.78 is 4.84. The Morgan fingerprint density at radius 1 is 1.33 bits per heavy atom. The fourth-order valence-corrected chi connectivity index (χ4v) is 2.47. The number of carbonyl (C=O) groups is 2. The third kappa shape index (κ3) is 5.63. The summed E-state index contributed by atoms with van der Waals surface area (Å²) in [5.74, 6) is 0.172. The van der Waals surface area contributed by atoms with E-state index in [1.807, 2.05) is 6.92 Å². The molecule has 0 aromatic heterocycles. The first kappa shape index (κ1) is 15.2. The molecule has 0 spiro atoms. The number of rotatable bonds is 8. The molecule has 104 valence electrons. The number of aliphatic hydroxyl groups is 1. The van der Waals surface area contributed by atoms with Gasteiger partial charge >= 0.3 is 5.97 Å². The first-order chi connectivity index (χ1) is 8.63. The van der Waals surface area contributed by atoms with Crippen molar-refractivity contribution in [2.45, 2.75) is 64.4 Å². The summed E-state index contributed by atoms with van der Waals surface area (Å²) >= 11 is 0. The van der Waals surface area contributed by atoms with Crippen molar-refractivity contribution in [2.24, 2.45) is 5.92 Å². The molecule has 0 aromatic carbocycles. The smallest absolute Gasteiger partial charge is 0.305 e. The van der Waals surface area contributed by atoms with Crippen molar-refractivity contribution in [3.8, 4) is 0 Å². The summed E-state index contributed by atoms with van der Waals surface area (Å²) in [6, 6.07) is 0. The van der Waals surface area contributed by atoms with Crippen LogP contribution in [0, 0.1) is 5.92 Å². The van der Waals surface area contributed by atoms with E-state index in [2.05, 4.69) is 0 Å². The zero-order valence-electron chi connectivity index (χ0n) is 11.2. The van der Waals surface area contributed by atoms with Gasteiger partial charge in [-0.15, -0.1) is 0 Å². The van der Waals surface area contributed by atoms with Gasteiger partial charge in [-0.1, -0.05) is 19.3 Å². The van der Waals surface area contributed by atoms with Gasteiger partial charge in [0.2, 0.25) is 0 Å². The van der Waals surface area contributed by atoms with Gasteiger partial charge in [0.1, 0.15) is 5.78 Å². The molecule has 1 aliphatic rings. The van der Waals surface area contributed by atoms with Crippen molar-refractivity contribution in [3.63, 3.8) is 0 Å². The van der Waals surface area contributed by atoms with E-state index in [9.17, 15) is 14.7 Å². The molecule has 4 heteroatoms. The van der Waals surface area contributed by atoms with E-state index in [0.717, 1.165) is 32.1 Å². The molecule has 4 nitrogen and oxygen atoms in total. The maximum atomic E-state index is 11.4. The van der Waals surface area contributed by atoms with Gasteiger partial charge in [-0.05, 0) is 26.2 Å². The highest BCUT2D eigenvalue weighted by Crippen LogP contribution is 2.26. The van der Waals surface area contributed by atoms with Crippen LogP contribution < -0.4 is 0 Å². The molecule has 1 saturated carbocycles. The standard InChI is InChI=1S/C14H24O4/c1-2-18-14(17)8-6-4-3-5-7-11-9-12(15)10-13(11)16/h11-12,15H,2-10H2,1H3. The van der Waals surface area contributed by atoms with Crippen molar-refractivity contribution < 1.29 is 19.4 Å². The van der Waals surface area contributed by atoms with Gasteiger partial charge in [-0.3, -0.25) is 9.59 Å². The predicted molar refractivity (Wildman–Crippen MR) is 68.1 cm³/mol. The number of hydrogen-bond acceptors (Lipinski definition) is 4. The topological polar surface area (TPSA) is 63.6 Å². The van der Waals surface area contributed by atoms with Crippen molar-refractivity contribution in [3.05, 3.63) is 0 Å². The normalized spacial score (nSPS) is 23.3. The number of ether oxygens (including phenoxy) is 1. The molecule has 1 fully saturated rings. The van der Waals surface area contributed by atoms with E-state index in [0.29, 0.717) is 25.9 Å². The first-order valence-corrected chi connectivity index (χ1v) is 7.00. The van der Waals surface area contributed by atoms with E-state index in [1.165, 1.54) is 0 Å². The van der Waals surface area contributed by atoms with Crippen LogP contribution >= 0.6 is 0 Å². The van der Waals surface area contributed by atoms with Crippen molar-refractivity contribution >= 4 is 11.8 Å². The lowest BCUT2D eigenvalue weighted by atomic mass is 9.98. The monoisotopic (exact) mass is 256 g/mol. The fourth-order valence-electron chi connectivity index (χ4n) is 2.47. The lowest BCUT2D eigenvalue weighted by Gasteiger charge is -2.07. The molecule has 1 rings (SSSR count). The Balaban J connectivity index is 1.96. The lowest BCUT2D eigenvalue weighted by molar-refractivity contribution is -0.143. The molecule has 0 saturated heterocycles. The second-order valence-electron chi connectivity index (χ2n) is 5.01. The number of ketones is 1. The lowest BCUT2D eigenvalue weighted by Crippen LogP contribution is -2.06. The summed E-state index contributed by atoms with van der Waals surface area (Å²) in [6.07, 6.45) is 5.86. The van der Waals surface area contributed by atoms with E-state index in [-0.39, 0.29) is 17.7 Å². The number of esters is 1. The summed E-state index contributed by atoms with van der Waals surface area (Å²) in [5.41, 5.74) is 0. The van der Waals surface area contributed by atoms with Gasteiger partial charge in [-0.2, -0.15) is 0 Å². The highest BCUT2D eigenvalue weighted by atomic mass is 16.5. The molecule has 2 atom stereocenters. The zero-order valence-corrected chi connectivity index (χ0v) is 11.2. The summed E-state index contributed by atoms with van der Waals surface area (Å²) in [4.78, 5) is 22.5. The van der Waals surface area contributed by atoms with E-state index in [4.69, 9.17) is 4.74 Å². The Hall–Kier alpha value is -0.900. The average Bonchev–Trinajstić information content (AvgIpc) is 2.62. The molecular weight excluding hydrogens is 232 g/mol. The predicted octanol–water partition coefficient (Wildman–Crippen LogP) is 2.23. The Kier molecular flexibility index (Phi) is 6.94. The van der Waals surface area contributed by atoms with Gasteiger partial charge in [0.15, 0.2) is 0 Å². The van der Waals surface area contributed by atoms with Gasteiger partial charge in [-0.25, -0.2) is 0 Å². The third-order valence-corrected chi connectivity index (χ3v) is 3.44. The van der Waals surface area contributed by atoms with Gasteiger partial charge in [0, 0.05) is 18.8 Å². The molecule has 0 bridgehead atoms. The Bertz CT molecular complexity index is 275. The number of carbonyl (C=O) groups excluding carboxylic acids is 2. The zero-order chi connectivity index (χ0) is 13.4. The van der Waals surface area contributed by atoms with Gasteiger partial charge < -0.3 is 9.84 Å². The molecule has 0 aliphatic heterocycles. The van der Waals surface area contributed by atoms with E-state index in [1.54, 1.807) is 0 Å². The maximum Gasteiger partial charge on any atom is 0.305 e. The number of hydrogen-bond donors (Lipinski definition) is 1. The molecule has 1 aliphatic carbocycles. The summed E-state index contributed by atoms with van der Waals surface area (Å²) in [7, 11) is 0. The molecule has 2 unspecified atom stereocenters. The molecule has 18 heavy (non-hydrogen) atoms. The molecule has 0 amide bonds. The summed E-state index contributed by atoms with van der Waals surface area (Å²) in [5, 5.41) is 9.35. The van der Waals surface area contributed by atoms with Crippen LogP contribution in [0.1, 0.15) is 58.3 Å². The SMILES string of the molecule is CCOC(=O)CCCCCCC1CC(O)CC1=O. The van der Waals surface area contributed by atoms with E-state index < -0.39 is 6.10 Å². The minimum absolute atomic E-state index is 0.0741. The fraction of sp³-hybridized carbons (Fsp3) is 0.857. The number of unbranched alkanes of at least 4 members (excludes halogenated alkanes) is 3. The van der Waals surface area contributed by atoms with Crippen molar-refractivity contribution in [1.82, 2.24) is 0 Å². The van der Waals surface area contributed by atoms with Crippen LogP contribution in [0.3, 0.4) is 0 Å². The van der Waals surface area contributed by atoms with Crippen molar-refractivity contribution in [1.29, 1.82) is 0 Å². The Morgan fingerprint density at radius 2 is 2.06 bits per heavy atom. The quantitative estimate of drug-likeness (QED) is 0.534. The minimum atomic E-state index is -0.411. The largest absolute Gasteiger partial charge is 0.466 e. The van der Waals surface area contributed by atoms with Crippen molar-refractivity contribution in [2.75, 3.05) is 6.61 Å². The molecule has 0 heterocycles. The van der Waals surface area contributed by atoms with Crippen LogP contribution in [0.15, 0.2) is 0 Å². The average molecular weight is 256 g/mol. The van der Waals surface area contributed by atoms with Crippen LogP contribution in [0.5, 0.6) is 0 Å². The number of Topliss-reactive ketones (excluding diaryl/α,β-unsaturated/α-hetero) is 1. The maximum absolute atomic E-state index is 11.4. The highest BCUT2D eigenvalue weighted by molar-refractivity contribution is 5.83. The second-order valence-corrected chi connectivity index (χ2v) is 5.01. The van der Waals surface area contributed by atoms with Crippen LogP contribution in [-0.4, -0.2) is 29.6 Å². The molecular formula is C14H24O4. The van der Waals surface area contributed by atoms with Gasteiger partial charge in [0.05, 0.1) is 12.7 Å². The molecule has 0 aromatic rings. The Labute approximate surface area is 109 Å². The second kappa shape index (κ2) is 8.25. The van der Waals surface area contributed by atoms with Crippen LogP contribution in [0.2, 0.25) is 0 Å². The molecule has 1 N–H and O–H groups in total. The van der Waals surface area contributed by atoms with Crippen LogP contribution in [0.4, 0.5) is 0 Å². The third-order valence-electron chi connectivity index (χ3n) is 3.44. The summed E-state index contributed by atoms with van der Waals surface area (Å²) in [6.45, 7) is 2.26. The van der Waals surface area contributed by atoms with E-state index >= 15 is 0 Å². The Morgan fingerprint density at radius 3 is 2.67 bits per heavy atom. The van der Waals surface area contributed by atoms with Gasteiger partial charge in [0.25, 0.3) is 0 Å². The highest BCUT2D eigenvalue weighted by Gasteiger charge is 2.30. The minimum Gasteiger partial charge on any atom is -0.466 e.